The smallest absolute Gasteiger partial charge is 0.464 e. The maximum absolute atomic E-state index is 13.5. The summed E-state index contributed by atoms with van der Waals surface area (Å²) >= 11 is 0. The molecule has 3 N–H and O–H groups in total. The summed E-state index contributed by atoms with van der Waals surface area (Å²) in [6, 6.07) is 9.03. The van der Waals surface area contributed by atoms with E-state index in [9.17, 15) is 24.9 Å². The van der Waals surface area contributed by atoms with Gasteiger partial charge in [0, 0.05) is 30.6 Å². The lowest BCUT2D eigenvalue weighted by Gasteiger charge is -2.39. The van der Waals surface area contributed by atoms with Gasteiger partial charge in [-0.15, -0.1) is 0 Å². The fraction of sp³-hybridized carbons (Fsp3) is 0.536. The Labute approximate surface area is 234 Å². The van der Waals surface area contributed by atoms with Crippen molar-refractivity contribution in [2.24, 2.45) is 0 Å². The molecular weight excluding hydrogens is 515 g/mol. The molecule has 0 aliphatic carbocycles. The molecule has 0 radical (unpaired) electrons. The van der Waals surface area contributed by atoms with Gasteiger partial charge in [-0.3, -0.25) is 9.69 Å². The highest BCUT2D eigenvalue weighted by Gasteiger charge is 2.34. The number of benzene rings is 1. The number of morpholine rings is 1. The molecule has 40 heavy (non-hydrogen) atoms. The Morgan fingerprint density at radius 3 is 2.73 bits per heavy atom. The van der Waals surface area contributed by atoms with Gasteiger partial charge >= 0.3 is 13.2 Å². The summed E-state index contributed by atoms with van der Waals surface area (Å²) in [4.78, 5) is 29.9. The van der Waals surface area contributed by atoms with E-state index in [4.69, 9.17) is 13.9 Å². The van der Waals surface area contributed by atoms with E-state index in [0.29, 0.717) is 50.4 Å². The van der Waals surface area contributed by atoms with Crippen molar-refractivity contribution in [1.29, 1.82) is 5.26 Å². The minimum absolute atomic E-state index is 0.0589. The van der Waals surface area contributed by atoms with Crippen LogP contribution in [0.4, 0.5) is 4.79 Å². The maximum atomic E-state index is 13.5. The molecular formula is C28H37BN4O7. The van der Waals surface area contributed by atoms with Crippen molar-refractivity contribution in [2.45, 2.75) is 57.1 Å². The lowest BCUT2D eigenvalue weighted by Crippen LogP contribution is -2.51. The molecule has 12 heteroatoms. The molecule has 2 aromatic rings. The summed E-state index contributed by atoms with van der Waals surface area (Å²) in [5.41, 5.74) is 0.928. The van der Waals surface area contributed by atoms with Crippen LogP contribution in [-0.2, 0) is 20.7 Å². The largest absolute Gasteiger partial charge is 0.475 e. The molecule has 2 fully saturated rings. The first-order valence-electron chi connectivity index (χ1n) is 13.7. The molecule has 2 saturated heterocycles. The van der Waals surface area contributed by atoms with Crippen LogP contribution in [-0.4, -0.2) is 95.9 Å². The lowest BCUT2D eigenvalue weighted by molar-refractivity contribution is -0.131. The highest BCUT2D eigenvalue weighted by Crippen LogP contribution is 2.24. The standard InChI is InChI=1S/C28H37BN4O7/c1-28(2,32-11-13-38-14-12-32)16-21(17-30)26(34)33-10-6-5-7-22(33)19-40-27(35)31-25(29(36)37)15-20-18-39-24-9-4-3-8-23(20)24/h3-4,8-9,16,18,22,25,36-37H,5-7,10-15,19H2,1-2H3,(H,31,35)/t22?,25-/m0/s1. The second-order valence-corrected chi connectivity index (χ2v) is 10.8. The van der Waals surface area contributed by atoms with Crippen molar-refractivity contribution >= 4 is 30.1 Å². The molecule has 0 bridgehead atoms. The Bertz CT molecular complexity index is 1250. The number of amides is 2. The van der Waals surface area contributed by atoms with Gasteiger partial charge in [0.15, 0.2) is 0 Å². The van der Waals surface area contributed by atoms with Crippen molar-refractivity contribution in [3.63, 3.8) is 0 Å². The number of nitriles is 1. The molecule has 4 rings (SSSR count). The fourth-order valence-electron chi connectivity index (χ4n) is 5.35. The Morgan fingerprint density at radius 1 is 1.25 bits per heavy atom. The van der Waals surface area contributed by atoms with Gasteiger partial charge < -0.3 is 34.2 Å². The van der Waals surface area contributed by atoms with Crippen LogP contribution >= 0.6 is 0 Å². The molecule has 1 unspecified atom stereocenters. The average molecular weight is 552 g/mol. The zero-order chi connectivity index (χ0) is 28.7. The normalized spacial score (nSPS) is 19.6. The van der Waals surface area contributed by atoms with Crippen LogP contribution in [0.1, 0.15) is 38.7 Å². The number of piperidine rings is 1. The Kier molecular flexibility index (Phi) is 9.87. The third kappa shape index (κ3) is 7.23. The van der Waals surface area contributed by atoms with Crippen molar-refractivity contribution < 1.29 is 33.5 Å². The second kappa shape index (κ2) is 13.3. The third-order valence-electron chi connectivity index (χ3n) is 7.63. The third-order valence-corrected chi connectivity index (χ3v) is 7.63. The number of ether oxygens (including phenoxy) is 2. The number of furan rings is 1. The summed E-state index contributed by atoms with van der Waals surface area (Å²) in [5, 5.41) is 33.0. The zero-order valence-corrected chi connectivity index (χ0v) is 23.0. The summed E-state index contributed by atoms with van der Waals surface area (Å²) in [6.07, 6.45) is 4.80. The van der Waals surface area contributed by atoms with Gasteiger partial charge in [0.25, 0.3) is 5.91 Å². The summed E-state index contributed by atoms with van der Waals surface area (Å²) in [6.45, 7) is 6.97. The Morgan fingerprint density at radius 2 is 2.00 bits per heavy atom. The lowest BCUT2D eigenvalue weighted by atomic mass is 9.76. The van der Waals surface area contributed by atoms with Crippen molar-refractivity contribution in [1.82, 2.24) is 15.1 Å². The molecule has 214 valence electrons. The van der Waals surface area contributed by atoms with Gasteiger partial charge in [-0.1, -0.05) is 18.2 Å². The Hall–Kier alpha value is -3.37. The SMILES string of the molecule is CC(C)(C=C(C#N)C(=O)N1CCCCC1COC(=O)N[C@@H](Cc1coc2ccccc12)B(O)O)N1CCOCC1. The molecule has 11 nitrogen and oxygen atoms in total. The summed E-state index contributed by atoms with van der Waals surface area (Å²) < 4.78 is 16.4. The molecule has 2 amide bonds. The van der Waals surface area contributed by atoms with Crippen LogP contribution < -0.4 is 5.32 Å². The topological polar surface area (TPSA) is 148 Å². The highest BCUT2D eigenvalue weighted by molar-refractivity contribution is 6.43. The van der Waals surface area contributed by atoms with Crippen molar-refractivity contribution in [3.8, 4) is 6.07 Å². The van der Waals surface area contributed by atoms with Gasteiger partial charge in [0.2, 0.25) is 0 Å². The molecule has 0 saturated carbocycles. The van der Waals surface area contributed by atoms with E-state index in [-0.39, 0.29) is 24.5 Å². The van der Waals surface area contributed by atoms with Gasteiger partial charge in [-0.2, -0.15) is 5.26 Å². The average Bonchev–Trinajstić information content (AvgIpc) is 3.37. The van der Waals surface area contributed by atoms with Gasteiger partial charge in [0.1, 0.15) is 23.8 Å². The molecule has 3 heterocycles. The molecule has 1 aromatic carbocycles. The van der Waals surface area contributed by atoms with Crippen LogP contribution in [0.5, 0.6) is 0 Å². The van der Waals surface area contributed by atoms with Crippen LogP contribution in [0, 0.1) is 11.3 Å². The number of fused-ring (bicyclic) bond motifs is 1. The number of alkyl carbamates (subject to hydrolysis) is 1. The number of para-hydroxylation sites is 1. The number of rotatable bonds is 9. The van der Waals surface area contributed by atoms with Gasteiger partial charge in [-0.25, -0.2) is 4.79 Å². The van der Waals surface area contributed by atoms with E-state index < -0.39 is 30.7 Å². The number of likely N-dealkylation sites (tertiary alicyclic amines) is 1. The van der Waals surface area contributed by atoms with Crippen LogP contribution in [0.2, 0.25) is 0 Å². The van der Waals surface area contributed by atoms with Gasteiger partial charge in [-0.05, 0) is 57.2 Å². The van der Waals surface area contributed by atoms with Crippen LogP contribution in [0.3, 0.4) is 0 Å². The first kappa shape index (κ1) is 29.6. The Balaban J connectivity index is 1.37. The zero-order valence-electron chi connectivity index (χ0n) is 23.0. The number of carbonyl (C=O) groups is 2. The number of hydrogen-bond acceptors (Lipinski definition) is 9. The molecule has 2 aliphatic rings. The maximum Gasteiger partial charge on any atom is 0.475 e. The predicted molar refractivity (Wildman–Crippen MR) is 148 cm³/mol. The first-order chi connectivity index (χ1) is 19.2. The van der Waals surface area contributed by atoms with Crippen LogP contribution in [0.25, 0.3) is 11.0 Å². The minimum Gasteiger partial charge on any atom is -0.464 e. The van der Waals surface area contributed by atoms with Gasteiger partial charge in [0.05, 0.1) is 31.5 Å². The van der Waals surface area contributed by atoms with E-state index in [0.717, 1.165) is 18.2 Å². The van der Waals surface area contributed by atoms with Crippen molar-refractivity contribution in [3.05, 3.63) is 47.7 Å². The molecule has 2 aliphatic heterocycles. The van der Waals surface area contributed by atoms with E-state index in [1.54, 1.807) is 17.0 Å². The predicted octanol–water partition coefficient (Wildman–Crippen LogP) is 2.02. The van der Waals surface area contributed by atoms with E-state index in [2.05, 4.69) is 16.3 Å². The quantitative estimate of drug-likeness (QED) is 0.241. The van der Waals surface area contributed by atoms with Crippen molar-refractivity contribution in [2.75, 3.05) is 39.5 Å². The summed E-state index contributed by atoms with van der Waals surface area (Å²) in [5.74, 6) is -1.42. The molecule has 0 spiro atoms. The summed E-state index contributed by atoms with van der Waals surface area (Å²) in [7, 11) is -1.83. The first-order valence-corrected chi connectivity index (χ1v) is 13.7. The number of carbonyl (C=O) groups excluding carboxylic acids is 2. The fourth-order valence-corrected chi connectivity index (χ4v) is 5.35. The monoisotopic (exact) mass is 552 g/mol. The number of nitrogens with zero attached hydrogens (tertiary/aromatic N) is 3. The molecule has 2 atom stereocenters. The number of hydrogen-bond donors (Lipinski definition) is 3. The van der Waals surface area contributed by atoms with E-state index >= 15 is 0 Å². The number of nitrogens with one attached hydrogen (secondary N) is 1. The van der Waals surface area contributed by atoms with Crippen LogP contribution in [0.15, 0.2) is 46.6 Å². The van der Waals surface area contributed by atoms with E-state index in [1.807, 2.05) is 32.0 Å². The second-order valence-electron chi connectivity index (χ2n) is 10.8. The minimum atomic E-state index is -1.83. The molecule has 1 aromatic heterocycles. The van der Waals surface area contributed by atoms with E-state index in [1.165, 1.54) is 6.26 Å². The highest BCUT2D eigenvalue weighted by atomic mass is 16.5.